The highest BCUT2D eigenvalue weighted by Crippen LogP contribution is 2.23. The number of nitrogens with zero attached hydrogens (tertiary/aromatic N) is 1. The maximum absolute atomic E-state index is 12.6. The van der Waals surface area contributed by atoms with Crippen LogP contribution in [0, 0.1) is 0 Å². The largest absolute Gasteiger partial charge is 0.483 e. The van der Waals surface area contributed by atoms with Crippen LogP contribution in [0.15, 0.2) is 72.9 Å². The maximum atomic E-state index is 12.6. The van der Waals surface area contributed by atoms with Crippen molar-refractivity contribution in [3.05, 3.63) is 84.2 Å². The van der Waals surface area contributed by atoms with Gasteiger partial charge in [-0.2, -0.15) is 13.2 Å². The average molecular weight is 416 g/mol. The summed E-state index contributed by atoms with van der Waals surface area (Å²) in [5.41, 5.74) is 0.889. The normalized spacial score (nSPS) is 12.1. The van der Waals surface area contributed by atoms with Crippen molar-refractivity contribution in [1.29, 1.82) is 0 Å². The van der Waals surface area contributed by atoms with Crippen molar-refractivity contribution in [2.24, 2.45) is 0 Å². The van der Waals surface area contributed by atoms with Crippen molar-refractivity contribution < 1.29 is 27.4 Å². The standard InChI is InChI=1S/C22H19F3N2O3/c1-15(20-11-10-19(13-26-20)29-14-22(23,24)25)27-21(28)16-6-5-9-18(12-16)30-17-7-3-2-4-8-17/h2-13,15H,14H2,1H3,(H,27,28)/t15-/m0/s1. The molecule has 30 heavy (non-hydrogen) atoms. The molecule has 156 valence electrons. The van der Waals surface area contributed by atoms with E-state index in [0.717, 1.165) is 0 Å². The van der Waals surface area contributed by atoms with Gasteiger partial charge < -0.3 is 14.8 Å². The number of alkyl halides is 3. The molecule has 5 nitrogen and oxygen atoms in total. The number of hydrogen-bond acceptors (Lipinski definition) is 4. The minimum Gasteiger partial charge on any atom is -0.483 e. The van der Waals surface area contributed by atoms with Crippen LogP contribution in [0.3, 0.4) is 0 Å². The summed E-state index contributed by atoms with van der Waals surface area (Å²) in [5.74, 6) is 0.840. The number of benzene rings is 2. The first-order chi connectivity index (χ1) is 14.3. The van der Waals surface area contributed by atoms with Crippen LogP contribution >= 0.6 is 0 Å². The minimum atomic E-state index is -4.42. The fourth-order valence-electron chi connectivity index (χ4n) is 2.58. The van der Waals surface area contributed by atoms with Gasteiger partial charge in [-0.15, -0.1) is 0 Å². The number of para-hydroxylation sites is 1. The Morgan fingerprint density at radius 2 is 1.73 bits per heavy atom. The topological polar surface area (TPSA) is 60.5 Å². The average Bonchev–Trinajstić information content (AvgIpc) is 2.73. The number of pyridine rings is 1. The van der Waals surface area contributed by atoms with E-state index in [0.29, 0.717) is 22.8 Å². The number of amides is 1. The van der Waals surface area contributed by atoms with Crippen molar-refractivity contribution in [3.63, 3.8) is 0 Å². The van der Waals surface area contributed by atoms with E-state index in [1.165, 1.54) is 18.3 Å². The molecular weight excluding hydrogens is 397 g/mol. The summed E-state index contributed by atoms with van der Waals surface area (Å²) in [5, 5.41) is 2.80. The van der Waals surface area contributed by atoms with Gasteiger partial charge in [0.25, 0.3) is 5.91 Å². The van der Waals surface area contributed by atoms with Gasteiger partial charge in [0, 0.05) is 5.56 Å². The molecule has 2 aromatic carbocycles. The van der Waals surface area contributed by atoms with Gasteiger partial charge in [0.1, 0.15) is 17.2 Å². The molecule has 0 spiro atoms. The van der Waals surface area contributed by atoms with Crippen molar-refractivity contribution in [3.8, 4) is 17.2 Å². The molecule has 0 fully saturated rings. The van der Waals surface area contributed by atoms with Gasteiger partial charge in [-0.3, -0.25) is 9.78 Å². The number of nitrogens with one attached hydrogen (secondary N) is 1. The van der Waals surface area contributed by atoms with Crippen LogP contribution in [0.2, 0.25) is 0 Å². The fourth-order valence-corrected chi connectivity index (χ4v) is 2.58. The van der Waals surface area contributed by atoms with Crippen LogP contribution < -0.4 is 14.8 Å². The molecule has 0 saturated carbocycles. The van der Waals surface area contributed by atoms with Crippen LogP contribution in [-0.2, 0) is 0 Å². The third-order valence-corrected chi connectivity index (χ3v) is 4.03. The Labute approximate surface area is 171 Å². The molecule has 0 aliphatic heterocycles. The minimum absolute atomic E-state index is 0.000337. The zero-order valence-electron chi connectivity index (χ0n) is 16.0. The molecular formula is C22H19F3N2O3. The van der Waals surface area contributed by atoms with E-state index in [9.17, 15) is 18.0 Å². The highest BCUT2D eigenvalue weighted by atomic mass is 19.4. The monoisotopic (exact) mass is 416 g/mol. The third-order valence-electron chi connectivity index (χ3n) is 4.03. The molecule has 0 aliphatic carbocycles. The van der Waals surface area contributed by atoms with E-state index in [1.807, 2.05) is 30.3 Å². The van der Waals surface area contributed by atoms with Gasteiger partial charge in [-0.1, -0.05) is 24.3 Å². The van der Waals surface area contributed by atoms with E-state index in [4.69, 9.17) is 4.74 Å². The smallest absolute Gasteiger partial charge is 0.422 e. The molecule has 0 radical (unpaired) electrons. The number of carbonyl (C=O) groups is 1. The van der Waals surface area contributed by atoms with Gasteiger partial charge in [-0.05, 0) is 49.4 Å². The summed E-state index contributed by atoms with van der Waals surface area (Å²) in [6.45, 7) is 0.336. The number of halogens is 3. The lowest BCUT2D eigenvalue weighted by Gasteiger charge is -2.15. The SMILES string of the molecule is C[C@H](NC(=O)c1cccc(Oc2ccccc2)c1)c1ccc(OCC(F)(F)F)cn1. The van der Waals surface area contributed by atoms with E-state index in [1.54, 1.807) is 31.2 Å². The summed E-state index contributed by atoms with van der Waals surface area (Å²) >= 11 is 0. The van der Waals surface area contributed by atoms with Crippen LogP contribution in [0.25, 0.3) is 0 Å². The predicted molar refractivity (Wildman–Crippen MR) is 105 cm³/mol. The van der Waals surface area contributed by atoms with Crippen LogP contribution in [0.4, 0.5) is 13.2 Å². The van der Waals surface area contributed by atoms with Crippen molar-refractivity contribution >= 4 is 5.91 Å². The Kier molecular flexibility index (Phi) is 6.56. The molecule has 1 N–H and O–H groups in total. The molecule has 3 aromatic rings. The molecule has 0 bridgehead atoms. The van der Waals surface area contributed by atoms with Crippen molar-refractivity contribution in [2.75, 3.05) is 6.61 Å². The van der Waals surface area contributed by atoms with Gasteiger partial charge in [0.05, 0.1) is 17.9 Å². The molecule has 0 unspecified atom stereocenters. The predicted octanol–water partition coefficient (Wildman–Crippen LogP) is 5.31. The number of rotatable bonds is 7. The summed E-state index contributed by atoms with van der Waals surface area (Å²) in [7, 11) is 0. The zero-order chi connectivity index (χ0) is 21.6. The summed E-state index contributed by atoms with van der Waals surface area (Å²) in [6, 6.07) is 18.3. The molecule has 1 heterocycles. The summed E-state index contributed by atoms with van der Waals surface area (Å²) in [6.07, 6.45) is -3.23. The first-order valence-corrected chi connectivity index (χ1v) is 9.09. The van der Waals surface area contributed by atoms with E-state index in [-0.39, 0.29) is 11.7 Å². The Bertz CT molecular complexity index is 977. The van der Waals surface area contributed by atoms with Crippen LogP contribution in [0.1, 0.15) is 29.0 Å². The van der Waals surface area contributed by atoms with Crippen molar-refractivity contribution in [1.82, 2.24) is 10.3 Å². The Morgan fingerprint density at radius 1 is 1.00 bits per heavy atom. The van der Waals surface area contributed by atoms with E-state index in [2.05, 4.69) is 15.0 Å². The highest BCUT2D eigenvalue weighted by molar-refractivity contribution is 5.94. The lowest BCUT2D eigenvalue weighted by atomic mass is 10.1. The summed E-state index contributed by atoms with van der Waals surface area (Å²) < 4.78 is 47.0. The summed E-state index contributed by atoms with van der Waals surface area (Å²) in [4.78, 5) is 16.6. The molecule has 1 atom stereocenters. The van der Waals surface area contributed by atoms with Gasteiger partial charge in [-0.25, -0.2) is 0 Å². The molecule has 0 saturated heterocycles. The third kappa shape index (κ3) is 6.23. The Morgan fingerprint density at radius 3 is 2.40 bits per heavy atom. The lowest BCUT2D eigenvalue weighted by Crippen LogP contribution is -2.27. The van der Waals surface area contributed by atoms with Crippen molar-refractivity contribution in [2.45, 2.75) is 19.1 Å². The fraction of sp³-hybridized carbons (Fsp3) is 0.182. The number of aromatic nitrogens is 1. The van der Waals surface area contributed by atoms with Gasteiger partial charge in [0.15, 0.2) is 6.61 Å². The molecule has 8 heteroatoms. The Hall–Kier alpha value is -3.55. The first kappa shape index (κ1) is 21.2. The first-order valence-electron chi connectivity index (χ1n) is 9.09. The molecule has 1 amide bonds. The number of ether oxygens (including phenoxy) is 2. The Balaban J connectivity index is 1.60. The second kappa shape index (κ2) is 9.30. The van der Waals surface area contributed by atoms with Gasteiger partial charge >= 0.3 is 6.18 Å². The molecule has 0 aliphatic rings. The number of hydrogen-bond donors (Lipinski definition) is 1. The van der Waals surface area contributed by atoms with Gasteiger partial charge in [0.2, 0.25) is 0 Å². The van der Waals surface area contributed by atoms with Crippen LogP contribution in [-0.4, -0.2) is 23.7 Å². The number of carbonyl (C=O) groups excluding carboxylic acids is 1. The second-order valence-corrected chi connectivity index (χ2v) is 6.46. The van der Waals surface area contributed by atoms with Crippen LogP contribution in [0.5, 0.6) is 17.2 Å². The highest BCUT2D eigenvalue weighted by Gasteiger charge is 2.28. The second-order valence-electron chi connectivity index (χ2n) is 6.46. The van der Waals surface area contributed by atoms with E-state index < -0.39 is 18.8 Å². The quantitative estimate of drug-likeness (QED) is 0.567. The molecule has 1 aromatic heterocycles. The van der Waals surface area contributed by atoms with E-state index >= 15 is 0 Å². The lowest BCUT2D eigenvalue weighted by molar-refractivity contribution is -0.153. The molecule has 3 rings (SSSR count). The maximum Gasteiger partial charge on any atom is 0.422 e. The zero-order valence-corrected chi connectivity index (χ0v) is 16.0.